The van der Waals surface area contributed by atoms with Gasteiger partial charge < -0.3 is 0 Å². The lowest BCUT2D eigenvalue weighted by molar-refractivity contribution is -0.135. The van der Waals surface area contributed by atoms with Gasteiger partial charge in [-0.25, -0.2) is 0 Å². The number of carbonyl (C=O) groups is 2. The zero-order valence-electron chi connectivity index (χ0n) is 5.92. The van der Waals surface area contributed by atoms with Gasteiger partial charge in [-0.3, -0.25) is 19.5 Å². The van der Waals surface area contributed by atoms with E-state index in [9.17, 15) is 9.59 Å². The smallest absolute Gasteiger partial charge is 0.274 e. The van der Waals surface area contributed by atoms with Crippen LogP contribution in [-0.2, 0) is 9.59 Å². The summed E-state index contributed by atoms with van der Waals surface area (Å²) in [6.07, 6.45) is 0.159. The van der Waals surface area contributed by atoms with E-state index in [0.29, 0.717) is 5.71 Å². The van der Waals surface area contributed by atoms with Crippen molar-refractivity contribution in [1.29, 1.82) is 0 Å². The van der Waals surface area contributed by atoms with Crippen molar-refractivity contribution in [3.8, 4) is 0 Å². The van der Waals surface area contributed by atoms with Gasteiger partial charge in [0.25, 0.3) is 5.91 Å². The van der Waals surface area contributed by atoms with Gasteiger partial charge in [0.05, 0.1) is 6.42 Å². The van der Waals surface area contributed by atoms with Gasteiger partial charge in [-0.2, -0.15) is 0 Å². The summed E-state index contributed by atoms with van der Waals surface area (Å²) in [7, 11) is 2.97. The number of imide groups is 1. The Morgan fingerprint density at radius 2 is 2.10 bits per heavy atom. The lowest BCUT2D eigenvalue weighted by atomic mass is 10.3. The highest BCUT2D eigenvalue weighted by Crippen LogP contribution is 2.05. The lowest BCUT2D eigenvalue weighted by Crippen LogP contribution is -2.25. The largest absolute Gasteiger partial charge is 0.287 e. The van der Waals surface area contributed by atoms with Crippen LogP contribution < -0.4 is 0 Å². The Morgan fingerprint density at radius 3 is 2.30 bits per heavy atom. The number of nitrogens with zero attached hydrogens (tertiary/aromatic N) is 2. The fourth-order valence-electron chi connectivity index (χ4n) is 0.819. The fraction of sp³-hybridized carbons (Fsp3) is 0.500. The Labute approximate surface area is 58.5 Å². The number of rotatable bonds is 0. The molecule has 1 heterocycles. The molecule has 0 radical (unpaired) electrons. The number of hydrogen-bond donors (Lipinski definition) is 0. The maximum absolute atomic E-state index is 10.9. The van der Waals surface area contributed by atoms with E-state index < -0.39 is 0 Å². The molecule has 1 rings (SSSR count). The Hall–Kier alpha value is -1.19. The van der Waals surface area contributed by atoms with Crippen LogP contribution in [0.4, 0.5) is 0 Å². The molecule has 0 saturated carbocycles. The molecule has 54 valence electrons. The van der Waals surface area contributed by atoms with Gasteiger partial charge in [-0.15, -0.1) is 0 Å². The maximum Gasteiger partial charge on any atom is 0.274 e. The van der Waals surface area contributed by atoms with E-state index in [-0.39, 0.29) is 18.2 Å². The van der Waals surface area contributed by atoms with Crippen molar-refractivity contribution < 1.29 is 9.59 Å². The first kappa shape index (κ1) is 6.92. The monoisotopic (exact) mass is 140 g/mol. The molecule has 10 heavy (non-hydrogen) atoms. The van der Waals surface area contributed by atoms with Crippen LogP contribution in [0.2, 0.25) is 0 Å². The Morgan fingerprint density at radius 1 is 1.50 bits per heavy atom. The first-order valence-electron chi connectivity index (χ1n) is 2.93. The van der Waals surface area contributed by atoms with Crippen LogP contribution in [0.15, 0.2) is 4.99 Å². The summed E-state index contributed by atoms with van der Waals surface area (Å²) in [5.74, 6) is -0.446. The Kier molecular flexibility index (Phi) is 1.53. The summed E-state index contributed by atoms with van der Waals surface area (Å²) in [5, 5.41) is 0. The summed E-state index contributed by atoms with van der Waals surface area (Å²) in [4.78, 5) is 26.5. The predicted molar refractivity (Wildman–Crippen MR) is 35.8 cm³/mol. The molecule has 1 saturated heterocycles. The van der Waals surface area contributed by atoms with E-state index in [0.717, 1.165) is 4.90 Å². The van der Waals surface area contributed by atoms with Crippen LogP contribution in [0.5, 0.6) is 0 Å². The predicted octanol–water partition coefficient (Wildman–Crippen LogP) is -0.554. The van der Waals surface area contributed by atoms with Crippen molar-refractivity contribution in [3.63, 3.8) is 0 Å². The minimum absolute atomic E-state index is 0.159. The molecule has 0 aromatic heterocycles. The standard InChI is InChI=1S/C6H8N2O2/c1-7-4-3-5(9)8(2)6(4)10/h3H2,1-2H3. The molecule has 0 unspecified atom stereocenters. The maximum atomic E-state index is 10.9. The highest BCUT2D eigenvalue weighted by molar-refractivity contribution is 6.48. The average Bonchev–Trinajstić information content (AvgIpc) is 2.17. The number of carbonyl (C=O) groups excluding carboxylic acids is 2. The molecule has 0 spiro atoms. The molecule has 0 aliphatic carbocycles. The van der Waals surface area contributed by atoms with Gasteiger partial charge in [0.15, 0.2) is 0 Å². The molecule has 0 aromatic carbocycles. The van der Waals surface area contributed by atoms with Gasteiger partial charge in [-0.05, 0) is 0 Å². The van der Waals surface area contributed by atoms with Gasteiger partial charge in [-0.1, -0.05) is 0 Å². The molecule has 0 atom stereocenters. The van der Waals surface area contributed by atoms with Crippen LogP contribution in [0.3, 0.4) is 0 Å². The summed E-state index contributed by atoms with van der Waals surface area (Å²) in [6.45, 7) is 0. The molecular weight excluding hydrogens is 132 g/mol. The third kappa shape index (κ3) is 0.814. The number of likely N-dealkylation sites (tertiary alicyclic amines) is 1. The highest BCUT2D eigenvalue weighted by Gasteiger charge is 2.31. The van der Waals surface area contributed by atoms with Crippen LogP contribution in [0.1, 0.15) is 6.42 Å². The van der Waals surface area contributed by atoms with Gasteiger partial charge in [0.1, 0.15) is 5.71 Å². The van der Waals surface area contributed by atoms with E-state index in [1.54, 1.807) is 0 Å². The second kappa shape index (κ2) is 2.21. The summed E-state index contributed by atoms with van der Waals surface area (Å²) in [5.41, 5.74) is 0.354. The number of hydrogen-bond acceptors (Lipinski definition) is 3. The summed E-state index contributed by atoms with van der Waals surface area (Å²) >= 11 is 0. The highest BCUT2D eigenvalue weighted by atomic mass is 16.2. The molecule has 2 amide bonds. The van der Waals surface area contributed by atoms with Crippen LogP contribution in [0, 0.1) is 0 Å². The van der Waals surface area contributed by atoms with Gasteiger partial charge >= 0.3 is 0 Å². The first-order valence-corrected chi connectivity index (χ1v) is 2.93. The molecule has 1 aliphatic rings. The second-order valence-electron chi connectivity index (χ2n) is 2.10. The molecule has 1 fully saturated rings. The van der Waals surface area contributed by atoms with Gasteiger partial charge in [0.2, 0.25) is 5.91 Å². The van der Waals surface area contributed by atoms with E-state index in [2.05, 4.69) is 4.99 Å². The minimum atomic E-state index is -0.271. The molecule has 4 heteroatoms. The number of amides is 2. The average molecular weight is 140 g/mol. The quantitative estimate of drug-likeness (QED) is 0.424. The zero-order chi connectivity index (χ0) is 7.72. The van der Waals surface area contributed by atoms with E-state index in [1.165, 1.54) is 14.1 Å². The zero-order valence-corrected chi connectivity index (χ0v) is 5.92. The SMILES string of the molecule is CN=C1CC(=O)N(C)C1=O. The third-order valence-corrected chi connectivity index (χ3v) is 1.51. The second-order valence-corrected chi connectivity index (χ2v) is 2.10. The molecular formula is C6H8N2O2. The third-order valence-electron chi connectivity index (χ3n) is 1.51. The lowest BCUT2D eigenvalue weighted by Gasteiger charge is -2.01. The summed E-state index contributed by atoms with van der Waals surface area (Å²) in [6, 6.07) is 0. The van der Waals surface area contributed by atoms with Crippen molar-refractivity contribution >= 4 is 17.5 Å². The van der Waals surface area contributed by atoms with Crippen LogP contribution in [0.25, 0.3) is 0 Å². The normalized spacial score (nSPS) is 23.0. The van der Waals surface area contributed by atoms with Crippen LogP contribution >= 0.6 is 0 Å². The molecule has 0 N–H and O–H groups in total. The fourth-order valence-corrected chi connectivity index (χ4v) is 0.819. The van der Waals surface area contributed by atoms with Crippen molar-refractivity contribution in [1.82, 2.24) is 4.90 Å². The minimum Gasteiger partial charge on any atom is -0.287 e. The van der Waals surface area contributed by atoms with Crippen molar-refractivity contribution in [2.24, 2.45) is 4.99 Å². The van der Waals surface area contributed by atoms with E-state index in [1.807, 2.05) is 0 Å². The first-order chi connectivity index (χ1) is 4.66. The van der Waals surface area contributed by atoms with Crippen molar-refractivity contribution in [3.05, 3.63) is 0 Å². The van der Waals surface area contributed by atoms with E-state index in [4.69, 9.17) is 0 Å². The van der Waals surface area contributed by atoms with Crippen molar-refractivity contribution in [2.45, 2.75) is 6.42 Å². The molecule has 1 aliphatic heterocycles. The van der Waals surface area contributed by atoms with Crippen LogP contribution in [-0.4, -0.2) is 36.5 Å². The Bertz CT molecular complexity index is 220. The topological polar surface area (TPSA) is 49.7 Å². The molecule has 0 bridgehead atoms. The number of aliphatic imine (C=N–C) groups is 1. The molecule has 0 aromatic rings. The van der Waals surface area contributed by atoms with Crippen molar-refractivity contribution in [2.75, 3.05) is 14.1 Å². The van der Waals surface area contributed by atoms with E-state index >= 15 is 0 Å². The molecule has 4 nitrogen and oxygen atoms in total. The summed E-state index contributed by atoms with van der Waals surface area (Å²) < 4.78 is 0. The Balaban J connectivity index is 2.92. The van der Waals surface area contributed by atoms with Gasteiger partial charge in [0, 0.05) is 14.1 Å².